The number of nitrogens with two attached hydrogens (primary N) is 1. The van der Waals surface area contributed by atoms with E-state index in [9.17, 15) is 4.39 Å². The molecule has 1 aliphatic rings. The molecular weight excluding hydrogens is 425 g/mol. The fourth-order valence-corrected chi connectivity index (χ4v) is 3.71. The first-order valence-corrected chi connectivity index (χ1v) is 10.3. The summed E-state index contributed by atoms with van der Waals surface area (Å²) in [5, 5.41) is 6.89. The molecule has 1 aliphatic heterocycles. The Morgan fingerprint density at radius 3 is 2.48 bits per heavy atom. The number of aromatic nitrogens is 1. The van der Waals surface area contributed by atoms with Crippen LogP contribution in [-0.4, -0.2) is 35.3 Å². The number of nitrogens with zero attached hydrogens (tertiary/aromatic N) is 2. The molecule has 0 aliphatic carbocycles. The minimum atomic E-state index is -0.790. The number of aliphatic imine (C=N–C) groups is 1. The molecule has 1 unspecified atom stereocenters. The van der Waals surface area contributed by atoms with E-state index in [0.29, 0.717) is 5.56 Å². The lowest BCUT2D eigenvalue weighted by Gasteiger charge is -2.27. The molecule has 2 heterocycles. The Balaban J connectivity index is 0.000000968. The van der Waals surface area contributed by atoms with Crippen LogP contribution >= 0.6 is 0 Å². The maximum Gasteiger partial charge on any atom is 0.290 e. The van der Waals surface area contributed by atoms with E-state index in [1.54, 1.807) is 6.20 Å². The van der Waals surface area contributed by atoms with Crippen LogP contribution in [0.25, 0.3) is 11.1 Å². The van der Waals surface area contributed by atoms with E-state index in [1.807, 2.05) is 57.2 Å². The summed E-state index contributed by atoms with van der Waals surface area (Å²) < 4.78 is 25.2. The number of rotatable bonds is 5. The van der Waals surface area contributed by atoms with Gasteiger partial charge in [-0.1, -0.05) is 24.3 Å². The van der Waals surface area contributed by atoms with E-state index in [4.69, 9.17) is 25.1 Å². The monoisotopic (exact) mass is 451 g/mol. The molecule has 1 atom stereocenters. The van der Waals surface area contributed by atoms with Gasteiger partial charge in [-0.05, 0) is 67.3 Å². The lowest BCUT2D eigenvalue weighted by atomic mass is 9.82. The van der Waals surface area contributed by atoms with Crippen molar-refractivity contribution >= 4 is 12.5 Å². The highest BCUT2D eigenvalue weighted by Crippen LogP contribution is 2.40. The molecule has 0 saturated heterocycles. The molecule has 0 saturated carbocycles. The molecule has 0 spiro atoms. The molecule has 33 heavy (non-hydrogen) atoms. The summed E-state index contributed by atoms with van der Waals surface area (Å²) in [5.74, 6) is 0.454. The van der Waals surface area contributed by atoms with Crippen molar-refractivity contribution in [3.63, 3.8) is 0 Å². The minimum absolute atomic E-state index is 0.0866. The van der Waals surface area contributed by atoms with Crippen molar-refractivity contribution in [1.82, 2.24) is 4.98 Å². The number of hydrogen-bond acceptors (Lipinski definition) is 6. The summed E-state index contributed by atoms with van der Waals surface area (Å²) in [4.78, 5) is 17.0. The lowest BCUT2D eigenvalue weighted by Crippen LogP contribution is -2.27. The molecule has 8 heteroatoms. The predicted molar refractivity (Wildman–Crippen MR) is 124 cm³/mol. The van der Waals surface area contributed by atoms with Gasteiger partial charge in [0.25, 0.3) is 12.5 Å². The van der Waals surface area contributed by atoms with Crippen molar-refractivity contribution in [3.8, 4) is 16.9 Å². The first-order valence-electron chi connectivity index (χ1n) is 10.3. The van der Waals surface area contributed by atoms with Crippen LogP contribution in [0.3, 0.4) is 0 Å². The second-order valence-corrected chi connectivity index (χ2v) is 7.82. The topological polar surface area (TPSA) is 107 Å². The molecular formula is C25H26FN3O4. The van der Waals surface area contributed by atoms with E-state index >= 15 is 0 Å². The fourth-order valence-electron chi connectivity index (χ4n) is 3.71. The van der Waals surface area contributed by atoms with E-state index in [-0.39, 0.29) is 31.0 Å². The van der Waals surface area contributed by atoms with Gasteiger partial charge in [0.2, 0.25) is 0 Å². The highest BCUT2D eigenvalue weighted by molar-refractivity contribution is 5.76. The van der Waals surface area contributed by atoms with Gasteiger partial charge in [-0.2, -0.15) is 0 Å². The average molecular weight is 451 g/mol. The maximum atomic E-state index is 13.7. The Morgan fingerprint density at radius 2 is 1.88 bits per heavy atom. The van der Waals surface area contributed by atoms with Crippen LogP contribution in [0.15, 0.2) is 65.9 Å². The molecule has 3 N–H and O–H groups in total. The van der Waals surface area contributed by atoms with Crippen LogP contribution in [0.5, 0.6) is 5.75 Å². The Labute approximate surface area is 191 Å². The van der Waals surface area contributed by atoms with Crippen molar-refractivity contribution in [1.29, 1.82) is 0 Å². The van der Waals surface area contributed by atoms with Gasteiger partial charge in [0, 0.05) is 11.8 Å². The van der Waals surface area contributed by atoms with Crippen molar-refractivity contribution in [2.45, 2.75) is 32.4 Å². The third-order valence-corrected chi connectivity index (χ3v) is 5.12. The number of carboxylic acid groups (broad SMARTS) is 1. The molecule has 4 rings (SSSR count). The third-order valence-electron chi connectivity index (χ3n) is 5.12. The Morgan fingerprint density at radius 1 is 1.15 bits per heavy atom. The Hall–Kier alpha value is -3.94. The normalized spacial score (nSPS) is 16.9. The zero-order valence-corrected chi connectivity index (χ0v) is 18.7. The van der Waals surface area contributed by atoms with Crippen molar-refractivity contribution in [3.05, 3.63) is 83.4 Å². The fraction of sp³-hybridized carbons (Fsp3) is 0.240. The molecule has 0 radical (unpaired) electrons. The van der Waals surface area contributed by atoms with Gasteiger partial charge >= 0.3 is 0 Å². The second-order valence-electron chi connectivity index (χ2n) is 7.82. The standard InChI is InChI=1S/C24H24FN3O2.CH2O2/c1-15(2)30-22-8-7-20(9-16(22)3)24(14-29-23(26)28-24)19-6-4-5-17(10-19)18-11-21(25)13-27-12-18;2-1-3/h4-13,15H,14H2,1-3H3,(H2,26,28);1H,(H,2,3). The molecule has 0 bridgehead atoms. The van der Waals surface area contributed by atoms with Crippen LogP contribution in [-0.2, 0) is 15.1 Å². The molecule has 0 fully saturated rings. The summed E-state index contributed by atoms with van der Waals surface area (Å²) in [7, 11) is 0. The summed E-state index contributed by atoms with van der Waals surface area (Å²) >= 11 is 0. The molecule has 1 aromatic heterocycles. The first-order chi connectivity index (χ1) is 15.8. The SMILES string of the molecule is Cc1cc(C2(c3cccc(-c4cncc(F)c4)c3)COC(N)=N2)ccc1OC(C)C.O=CO. The lowest BCUT2D eigenvalue weighted by molar-refractivity contribution is -0.122. The Bertz CT molecular complexity index is 1170. The van der Waals surface area contributed by atoms with Crippen molar-refractivity contribution in [2.75, 3.05) is 6.61 Å². The van der Waals surface area contributed by atoms with Crippen molar-refractivity contribution < 1.29 is 23.8 Å². The predicted octanol–water partition coefficient (Wildman–Crippen LogP) is 4.27. The van der Waals surface area contributed by atoms with E-state index in [2.05, 4.69) is 16.0 Å². The minimum Gasteiger partial charge on any atom is -0.491 e. The highest BCUT2D eigenvalue weighted by atomic mass is 19.1. The van der Waals surface area contributed by atoms with Crippen LogP contribution in [0.1, 0.15) is 30.5 Å². The largest absolute Gasteiger partial charge is 0.491 e. The summed E-state index contributed by atoms with van der Waals surface area (Å²) in [6.07, 6.45) is 2.91. The number of ether oxygens (including phenoxy) is 2. The van der Waals surface area contributed by atoms with E-state index in [1.165, 1.54) is 12.3 Å². The van der Waals surface area contributed by atoms with Gasteiger partial charge in [0.05, 0.1) is 12.3 Å². The summed E-state index contributed by atoms with van der Waals surface area (Å²) in [6, 6.07) is 15.4. The molecule has 2 aromatic carbocycles. The highest BCUT2D eigenvalue weighted by Gasteiger charge is 2.40. The van der Waals surface area contributed by atoms with Crippen LogP contribution in [0.4, 0.5) is 4.39 Å². The third kappa shape index (κ3) is 5.28. The number of hydrogen-bond donors (Lipinski definition) is 2. The van der Waals surface area contributed by atoms with Gasteiger partial charge in [-0.3, -0.25) is 9.78 Å². The van der Waals surface area contributed by atoms with Crippen molar-refractivity contribution in [2.24, 2.45) is 10.7 Å². The van der Waals surface area contributed by atoms with Crippen LogP contribution < -0.4 is 10.5 Å². The number of aryl methyl sites for hydroxylation is 1. The number of pyridine rings is 1. The molecule has 3 aromatic rings. The quantitative estimate of drug-likeness (QED) is 0.561. The summed E-state index contributed by atoms with van der Waals surface area (Å²) in [5.41, 5.74) is 9.54. The van der Waals surface area contributed by atoms with Gasteiger partial charge in [-0.25, -0.2) is 9.38 Å². The van der Waals surface area contributed by atoms with Gasteiger partial charge in [0.1, 0.15) is 18.2 Å². The smallest absolute Gasteiger partial charge is 0.290 e. The number of carbonyl (C=O) groups is 1. The van der Waals surface area contributed by atoms with Gasteiger partial charge in [0.15, 0.2) is 5.54 Å². The second kappa shape index (κ2) is 10.1. The first kappa shape index (κ1) is 23.7. The molecule has 0 amide bonds. The Kier molecular flexibility index (Phi) is 7.27. The zero-order valence-electron chi connectivity index (χ0n) is 18.7. The van der Waals surface area contributed by atoms with Gasteiger partial charge < -0.3 is 20.3 Å². The average Bonchev–Trinajstić information content (AvgIpc) is 3.18. The number of benzene rings is 2. The number of amidine groups is 1. The number of halogens is 1. The zero-order chi connectivity index (χ0) is 24.0. The molecule has 7 nitrogen and oxygen atoms in total. The molecule has 172 valence electrons. The van der Waals surface area contributed by atoms with Gasteiger partial charge in [-0.15, -0.1) is 0 Å². The van der Waals surface area contributed by atoms with Crippen LogP contribution in [0, 0.1) is 12.7 Å². The maximum absolute atomic E-state index is 13.7. The van der Waals surface area contributed by atoms with Crippen LogP contribution in [0.2, 0.25) is 0 Å². The van der Waals surface area contributed by atoms with E-state index in [0.717, 1.165) is 28.0 Å². The summed E-state index contributed by atoms with van der Waals surface area (Å²) in [6.45, 7) is 6.04. The van der Waals surface area contributed by atoms with E-state index < -0.39 is 5.54 Å².